The molecule has 1 atom stereocenters. The van der Waals surface area contributed by atoms with E-state index in [1.165, 1.54) is 18.1 Å². The molecule has 0 unspecified atom stereocenters. The fourth-order valence-electron chi connectivity index (χ4n) is 3.91. The minimum absolute atomic E-state index is 0.162. The van der Waals surface area contributed by atoms with Crippen LogP contribution in [0.5, 0.6) is 0 Å². The average Bonchev–Trinajstić information content (AvgIpc) is 3.09. The van der Waals surface area contributed by atoms with Gasteiger partial charge in [-0.25, -0.2) is 4.39 Å². The van der Waals surface area contributed by atoms with Crippen molar-refractivity contribution in [3.8, 4) is 0 Å². The van der Waals surface area contributed by atoms with E-state index in [0.717, 1.165) is 37.4 Å². The van der Waals surface area contributed by atoms with Gasteiger partial charge in [-0.1, -0.05) is 24.3 Å². The lowest BCUT2D eigenvalue weighted by atomic mass is 9.93. The molecule has 3 aromatic rings. The van der Waals surface area contributed by atoms with Crippen molar-refractivity contribution in [3.05, 3.63) is 83.2 Å². The molecule has 1 aliphatic rings. The molecule has 4 rings (SSSR count). The van der Waals surface area contributed by atoms with Gasteiger partial charge >= 0.3 is 0 Å². The Labute approximate surface area is 159 Å². The zero-order chi connectivity index (χ0) is 18.6. The summed E-state index contributed by atoms with van der Waals surface area (Å²) in [5, 5.41) is 4.26. The van der Waals surface area contributed by atoms with Gasteiger partial charge in [-0.3, -0.25) is 14.6 Å². The van der Waals surface area contributed by atoms with Crippen molar-refractivity contribution in [2.45, 2.75) is 31.7 Å². The molecule has 1 saturated heterocycles. The van der Waals surface area contributed by atoms with E-state index >= 15 is 0 Å². The summed E-state index contributed by atoms with van der Waals surface area (Å²) in [5.41, 5.74) is 4.00. The van der Waals surface area contributed by atoms with Crippen molar-refractivity contribution < 1.29 is 4.39 Å². The number of likely N-dealkylation sites (tertiary alicyclic amines) is 1. The second kappa shape index (κ2) is 8.01. The molecule has 5 heteroatoms. The lowest BCUT2D eigenvalue weighted by Crippen LogP contribution is -2.34. The maximum atomic E-state index is 13.9. The van der Waals surface area contributed by atoms with Crippen LogP contribution < -0.4 is 0 Å². The third-order valence-corrected chi connectivity index (χ3v) is 5.25. The number of rotatable bonds is 5. The van der Waals surface area contributed by atoms with E-state index < -0.39 is 0 Å². The van der Waals surface area contributed by atoms with Crippen LogP contribution in [-0.2, 0) is 20.0 Å². The standard InChI is InChI=1S/C22H25FN4/c1-26-14-17(13-24-26)15-27-11-5-7-19(16-27)22-10-4-8-20(25-22)12-18-6-2-3-9-21(18)23/h2-4,6,8-10,13-14,19H,5,7,11-12,15-16H2,1H3/t19-/m0/s1. The Bertz CT molecular complexity index is 905. The molecule has 27 heavy (non-hydrogen) atoms. The first-order chi connectivity index (χ1) is 13.2. The third kappa shape index (κ3) is 4.42. The summed E-state index contributed by atoms with van der Waals surface area (Å²) in [7, 11) is 1.95. The quantitative estimate of drug-likeness (QED) is 0.688. The summed E-state index contributed by atoms with van der Waals surface area (Å²) < 4.78 is 15.8. The number of benzene rings is 1. The largest absolute Gasteiger partial charge is 0.298 e. The topological polar surface area (TPSA) is 34.0 Å². The molecule has 0 radical (unpaired) electrons. The van der Waals surface area contributed by atoms with Crippen LogP contribution in [0.2, 0.25) is 0 Å². The zero-order valence-electron chi connectivity index (χ0n) is 15.7. The molecule has 4 nitrogen and oxygen atoms in total. The first kappa shape index (κ1) is 17.9. The lowest BCUT2D eigenvalue weighted by Gasteiger charge is -2.32. The van der Waals surface area contributed by atoms with Crippen LogP contribution in [-0.4, -0.2) is 32.8 Å². The second-order valence-electron chi connectivity index (χ2n) is 7.42. The number of aryl methyl sites for hydroxylation is 1. The molecule has 3 heterocycles. The molecule has 0 aliphatic carbocycles. The first-order valence-corrected chi connectivity index (χ1v) is 9.56. The van der Waals surface area contributed by atoms with Crippen LogP contribution in [0.25, 0.3) is 0 Å². The van der Waals surface area contributed by atoms with Gasteiger partial charge in [0.1, 0.15) is 5.82 Å². The number of nitrogens with zero attached hydrogens (tertiary/aromatic N) is 4. The van der Waals surface area contributed by atoms with Gasteiger partial charge in [-0.15, -0.1) is 0 Å². The maximum Gasteiger partial charge on any atom is 0.126 e. The zero-order valence-corrected chi connectivity index (χ0v) is 15.7. The molecule has 1 aliphatic heterocycles. The molecule has 2 aromatic heterocycles. The van der Waals surface area contributed by atoms with Gasteiger partial charge in [-0.05, 0) is 43.1 Å². The Morgan fingerprint density at radius 3 is 2.85 bits per heavy atom. The monoisotopic (exact) mass is 364 g/mol. The van der Waals surface area contributed by atoms with E-state index in [9.17, 15) is 4.39 Å². The van der Waals surface area contributed by atoms with Crippen LogP contribution in [0, 0.1) is 5.82 Å². The summed E-state index contributed by atoms with van der Waals surface area (Å²) in [6.07, 6.45) is 6.88. The molecule has 1 fully saturated rings. The van der Waals surface area contributed by atoms with Crippen molar-refractivity contribution in [2.24, 2.45) is 7.05 Å². The van der Waals surface area contributed by atoms with Gasteiger partial charge in [0.05, 0.1) is 6.20 Å². The highest BCUT2D eigenvalue weighted by molar-refractivity contribution is 5.25. The molecule has 0 bridgehead atoms. The summed E-state index contributed by atoms with van der Waals surface area (Å²) in [6.45, 7) is 3.05. The van der Waals surface area contributed by atoms with E-state index in [2.05, 4.69) is 28.3 Å². The summed E-state index contributed by atoms with van der Waals surface area (Å²) in [5.74, 6) is 0.265. The molecule has 140 valence electrons. The number of hydrogen-bond acceptors (Lipinski definition) is 3. The fourth-order valence-corrected chi connectivity index (χ4v) is 3.91. The Morgan fingerprint density at radius 2 is 2.04 bits per heavy atom. The molecular formula is C22H25FN4. The van der Waals surface area contributed by atoms with Crippen molar-refractivity contribution in [1.29, 1.82) is 0 Å². The summed E-state index contributed by atoms with van der Waals surface area (Å²) >= 11 is 0. The minimum atomic E-state index is -0.162. The minimum Gasteiger partial charge on any atom is -0.298 e. The Kier molecular flexibility index (Phi) is 5.30. The van der Waals surface area contributed by atoms with Crippen molar-refractivity contribution in [3.63, 3.8) is 0 Å². The molecule has 0 N–H and O–H groups in total. The number of hydrogen-bond donors (Lipinski definition) is 0. The Balaban J connectivity index is 1.45. The highest BCUT2D eigenvalue weighted by Crippen LogP contribution is 2.27. The number of halogens is 1. The number of piperidine rings is 1. The highest BCUT2D eigenvalue weighted by atomic mass is 19.1. The van der Waals surface area contributed by atoms with E-state index in [4.69, 9.17) is 4.98 Å². The SMILES string of the molecule is Cn1cc(CN2CCC[C@H](c3cccc(Cc4ccccc4F)n3)C2)cn1. The molecule has 1 aromatic carbocycles. The fraction of sp³-hybridized carbons (Fsp3) is 0.364. The molecule has 0 spiro atoms. The van der Waals surface area contributed by atoms with E-state index in [-0.39, 0.29) is 5.82 Å². The summed E-state index contributed by atoms with van der Waals surface area (Å²) in [6, 6.07) is 13.1. The van der Waals surface area contributed by atoms with Crippen molar-refractivity contribution in [2.75, 3.05) is 13.1 Å². The van der Waals surface area contributed by atoms with Gasteiger partial charge in [-0.2, -0.15) is 5.10 Å². The second-order valence-corrected chi connectivity index (χ2v) is 7.42. The van der Waals surface area contributed by atoms with Crippen molar-refractivity contribution in [1.82, 2.24) is 19.7 Å². The normalized spacial score (nSPS) is 17.9. The molecule has 0 saturated carbocycles. The van der Waals surface area contributed by atoms with Gasteiger partial charge in [0.15, 0.2) is 0 Å². The van der Waals surface area contributed by atoms with Crippen LogP contribution in [0.4, 0.5) is 4.39 Å². The first-order valence-electron chi connectivity index (χ1n) is 9.56. The van der Waals surface area contributed by atoms with Gasteiger partial charge < -0.3 is 0 Å². The smallest absolute Gasteiger partial charge is 0.126 e. The van der Waals surface area contributed by atoms with Crippen LogP contribution >= 0.6 is 0 Å². The van der Waals surface area contributed by atoms with Gasteiger partial charge in [0.25, 0.3) is 0 Å². The van der Waals surface area contributed by atoms with Crippen LogP contribution in [0.15, 0.2) is 54.9 Å². The Morgan fingerprint density at radius 1 is 1.15 bits per heavy atom. The van der Waals surface area contributed by atoms with Gasteiger partial charge in [0, 0.05) is 55.6 Å². The third-order valence-electron chi connectivity index (χ3n) is 5.25. The predicted molar refractivity (Wildman–Crippen MR) is 104 cm³/mol. The number of pyridine rings is 1. The number of aromatic nitrogens is 3. The van der Waals surface area contributed by atoms with Crippen molar-refractivity contribution >= 4 is 0 Å². The highest BCUT2D eigenvalue weighted by Gasteiger charge is 2.23. The Hall–Kier alpha value is -2.53. The predicted octanol–water partition coefficient (Wildman–Crippen LogP) is 3.92. The van der Waals surface area contributed by atoms with E-state index in [1.54, 1.807) is 6.07 Å². The van der Waals surface area contributed by atoms with E-state index in [0.29, 0.717) is 17.9 Å². The van der Waals surface area contributed by atoms with Crippen LogP contribution in [0.1, 0.15) is 41.3 Å². The van der Waals surface area contributed by atoms with Crippen LogP contribution in [0.3, 0.4) is 0 Å². The average molecular weight is 364 g/mol. The van der Waals surface area contributed by atoms with E-state index in [1.807, 2.05) is 36.1 Å². The lowest BCUT2D eigenvalue weighted by molar-refractivity contribution is 0.198. The maximum absolute atomic E-state index is 13.9. The molecular weight excluding hydrogens is 339 g/mol. The van der Waals surface area contributed by atoms with Gasteiger partial charge in [0.2, 0.25) is 0 Å². The summed E-state index contributed by atoms with van der Waals surface area (Å²) in [4.78, 5) is 7.35. The molecule has 0 amide bonds.